The number of aliphatic hydroxyl groups excluding tert-OH is 1. The minimum atomic E-state index is -0.591. The van der Waals surface area contributed by atoms with Crippen molar-refractivity contribution in [3.63, 3.8) is 0 Å². The monoisotopic (exact) mass is 217 g/mol. The lowest BCUT2D eigenvalue weighted by molar-refractivity contribution is 0.187. The van der Waals surface area contributed by atoms with Crippen LogP contribution in [0.25, 0.3) is 10.8 Å². The van der Waals surface area contributed by atoms with Gasteiger partial charge in [-0.15, -0.1) is 0 Å². The van der Waals surface area contributed by atoms with E-state index in [1.807, 2.05) is 36.4 Å². The minimum absolute atomic E-state index is 0.238. The fourth-order valence-corrected chi connectivity index (χ4v) is 1.71. The van der Waals surface area contributed by atoms with Crippen molar-refractivity contribution in [2.45, 2.75) is 6.10 Å². The summed E-state index contributed by atoms with van der Waals surface area (Å²) in [6.45, 7) is 0.238. The molecule has 0 heterocycles. The van der Waals surface area contributed by atoms with Crippen LogP contribution in [-0.2, 0) is 0 Å². The first-order chi connectivity index (χ1) is 7.74. The van der Waals surface area contributed by atoms with Gasteiger partial charge in [0.15, 0.2) is 0 Å². The molecule has 3 nitrogen and oxygen atoms in total. The van der Waals surface area contributed by atoms with Crippen molar-refractivity contribution in [1.82, 2.24) is 0 Å². The molecule has 0 aliphatic heterocycles. The van der Waals surface area contributed by atoms with Gasteiger partial charge in [-0.1, -0.05) is 18.2 Å². The predicted octanol–water partition coefficient (Wildman–Crippen LogP) is 1.84. The topological polar surface area (TPSA) is 55.5 Å². The molecule has 0 bridgehead atoms. The van der Waals surface area contributed by atoms with E-state index in [9.17, 15) is 5.11 Å². The Bertz CT molecular complexity index is 496. The van der Waals surface area contributed by atoms with Crippen molar-refractivity contribution in [3.05, 3.63) is 42.0 Å². The number of hydrogen-bond acceptors (Lipinski definition) is 3. The van der Waals surface area contributed by atoms with Crippen LogP contribution in [0.2, 0.25) is 0 Å². The second-order valence-corrected chi connectivity index (χ2v) is 3.72. The van der Waals surface area contributed by atoms with Crippen molar-refractivity contribution >= 4 is 10.8 Å². The van der Waals surface area contributed by atoms with Gasteiger partial charge < -0.3 is 15.6 Å². The maximum Gasteiger partial charge on any atom is 0.119 e. The Morgan fingerprint density at radius 3 is 2.56 bits per heavy atom. The third kappa shape index (κ3) is 2.01. The molecule has 0 aromatic heterocycles. The quantitative estimate of drug-likeness (QED) is 0.824. The zero-order chi connectivity index (χ0) is 11.5. The molecule has 0 aliphatic carbocycles. The molecule has 16 heavy (non-hydrogen) atoms. The molecular weight excluding hydrogens is 202 g/mol. The Hall–Kier alpha value is -1.58. The molecule has 0 saturated carbocycles. The van der Waals surface area contributed by atoms with Crippen LogP contribution in [0.3, 0.4) is 0 Å². The second kappa shape index (κ2) is 4.51. The molecule has 2 aromatic rings. The summed E-state index contributed by atoms with van der Waals surface area (Å²) in [5.74, 6) is 0.833. The van der Waals surface area contributed by atoms with Gasteiger partial charge in [0.2, 0.25) is 0 Å². The molecule has 0 unspecified atom stereocenters. The van der Waals surface area contributed by atoms with Gasteiger partial charge >= 0.3 is 0 Å². The molecule has 1 atom stereocenters. The molecule has 0 amide bonds. The van der Waals surface area contributed by atoms with Gasteiger partial charge in [0.25, 0.3) is 0 Å². The van der Waals surface area contributed by atoms with Crippen LogP contribution >= 0.6 is 0 Å². The molecule has 3 heteroatoms. The summed E-state index contributed by atoms with van der Waals surface area (Å²) in [6, 6.07) is 11.6. The van der Waals surface area contributed by atoms with Gasteiger partial charge in [-0.2, -0.15) is 0 Å². The summed E-state index contributed by atoms with van der Waals surface area (Å²) < 4.78 is 5.15. The number of hydrogen-bond donors (Lipinski definition) is 2. The fourth-order valence-electron chi connectivity index (χ4n) is 1.71. The Balaban J connectivity index is 2.47. The zero-order valence-electron chi connectivity index (χ0n) is 9.18. The number of ether oxygens (including phenoxy) is 1. The highest BCUT2D eigenvalue weighted by Crippen LogP contribution is 2.23. The van der Waals surface area contributed by atoms with Crippen LogP contribution in [0.15, 0.2) is 36.4 Å². The Morgan fingerprint density at radius 2 is 1.88 bits per heavy atom. The van der Waals surface area contributed by atoms with Crippen LogP contribution in [0.4, 0.5) is 0 Å². The molecule has 0 radical (unpaired) electrons. The first-order valence-electron chi connectivity index (χ1n) is 5.20. The summed E-state index contributed by atoms with van der Waals surface area (Å²) in [5, 5.41) is 11.8. The van der Waals surface area contributed by atoms with E-state index in [1.54, 1.807) is 7.11 Å². The molecule has 84 valence electrons. The normalized spacial score (nSPS) is 12.7. The number of rotatable bonds is 3. The lowest BCUT2D eigenvalue weighted by Crippen LogP contribution is -2.11. The predicted molar refractivity (Wildman–Crippen MR) is 64.5 cm³/mol. The second-order valence-electron chi connectivity index (χ2n) is 3.72. The van der Waals surface area contributed by atoms with Crippen molar-refractivity contribution in [3.8, 4) is 5.75 Å². The van der Waals surface area contributed by atoms with E-state index < -0.39 is 6.10 Å². The lowest BCUT2D eigenvalue weighted by Gasteiger charge is -2.09. The Morgan fingerprint density at radius 1 is 1.19 bits per heavy atom. The van der Waals surface area contributed by atoms with Crippen LogP contribution in [0, 0.1) is 0 Å². The molecule has 0 spiro atoms. The van der Waals surface area contributed by atoms with Gasteiger partial charge in [0.05, 0.1) is 13.2 Å². The van der Waals surface area contributed by atoms with Crippen LogP contribution in [0.1, 0.15) is 11.7 Å². The number of methoxy groups -OCH3 is 1. The van der Waals surface area contributed by atoms with Crippen molar-refractivity contribution in [2.75, 3.05) is 13.7 Å². The Kier molecular flexibility index (Phi) is 3.08. The maximum absolute atomic E-state index is 9.64. The smallest absolute Gasteiger partial charge is 0.119 e. The number of aliphatic hydroxyl groups is 1. The van der Waals surface area contributed by atoms with Crippen molar-refractivity contribution in [1.29, 1.82) is 0 Å². The molecule has 0 aliphatic rings. The summed E-state index contributed by atoms with van der Waals surface area (Å²) in [5.41, 5.74) is 6.27. The molecular formula is C13H15NO2. The average Bonchev–Trinajstić information content (AvgIpc) is 2.36. The minimum Gasteiger partial charge on any atom is -0.497 e. The number of benzene rings is 2. The average molecular weight is 217 g/mol. The van der Waals surface area contributed by atoms with E-state index in [0.717, 1.165) is 22.1 Å². The lowest BCUT2D eigenvalue weighted by atomic mass is 10.0. The van der Waals surface area contributed by atoms with E-state index in [1.165, 1.54) is 0 Å². The van der Waals surface area contributed by atoms with Crippen LogP contribution in [0.5, 0.6) is 5.75 Å². The highest BCUT2D eigenvalue weighted by atomic mass is 16.5. The van der Waals surface area contributed by atoms with Crippen LogP contribution in [-0.4, -0.2) is 18.8 Å². The van der Waals surface area contributed by atoms with Gasteiger partial charge in [-0.25, -0.2) is 0 Å². The zero-order valence-corrected chi connectivity index (χ0v) is 9.18. The standard InChI is InChI=1S/C13H15NO2/c1-16-12-5-4-9-6-11(13(15)8-14)3-2-10(9)7-12/h2-7,13,15H,8,14H2,1H3/t13-/m1/s1. The van der Waals surface area contributed by atoms with Gasteiger partial charge in [-0.3, -0.25) is 0 Å². The van der Waals surface area contributed by atoms with Crippen molar-refractivity contribution < 1.29 is 9.84 Å². The summed E-state index contributed by atoms with van der Waals surface area (Å²) in [7, 11) is 1.65. The van der Waals surface area contributed by atoms with E-state index >= 15 is 0 Å². The van der Waals surface area contributed by atoms with Gasteiger partial charge in [0, 0.05) is 6.54 Å². The van der Waals surface area contributed by atoms with E-state index in [2.05, 4.69) is 0 Å². The van der Waals surface area contributed by atoms with Gasteiger partial charge in [0.1, 0.15) is 5.75 Å². The highest BCUT2D eigenvalue weighted by Gasteiger charge is 2.05. The summed E-state index contributed by atoms with van der Waals surface area (Å²) in [4.78, 5) is 0. The highest BCUT2D eigenvalue weighted by molar-refractivity contribution is 5.84. The maximum atomic E-state index is 9.64. The van der Waals surface area contributed by atoms with E-state index in [4.69, 9.17) is 10.5 Å². The first-order valence-corrected chi connectivity index (χ1v) is 5.20. The number of fused-ring (bicyclic) bond motifs is 1. The molecule has 0 saturated heterocycles. The van der Waals surface area contributed by atoms with Crippen LogP contribution < -0.4 is 10.5 Å². The summed E-state index contributed by atoms with van der Waals surface area (Å²) in [6.07, 6.45) is -0.591. The molecule has 0 fully saturated rings. The largest absolute Gasteiger partial charge is 0.497 e. The molecule has 3 N–H and O–H groups in total. The third-order valence-corrected chi connectivity index (χ3v) is 2.68. The van der Waals surface area contributed by atoms with Gasteiger partial charge in [-0.05, 0) is 34.5 Å². The Labute approximate surface area is 94.5 Å². The summed E-state index contributed by atoms with van der Waals surface area (Å²) >= 11 is 0. The third-order valence-electron chi connectivity index (χ3n) is 2.68. The molecule has 2 aromatic carbocycles. The van der Waals surface area contributed by atoms with E-state index in [-0.39, 0.29) is 6.54 Å². The fraction of sp³-hybridized carbons (Fsp3) is 0.231. The van der Waals surface area contributed by atoms with Crippen molar-refractivity contribution in [2.24, 2.45) is 5.73 Å². The SMILES string of the molecule is COc1ccc2cc([C@H](O)CN)ccc2c1. The van der Waals surface area contributed by atoms with E-state index in [0.29, 0.717) is 0 Å². The molecule has 2 rings (SSSR count). The number of nitrogens with two attached hydrogens (primary N) is 1. The first kappa shape index (κ1) is 10.9.